The predicted molar refractivity (Wildman–Crippen MR) is 134 cm³/mol. The quantitative estimate of drug-likeness (QED) is 0.388. The van der Waals surface area contributed by atoms with Crippen LogP contribution in [0.3, 0.4) is 0 Å². The Kier molecular flexibility index (Phi) is 7.12. The highest BCUT2D eigenvalue weighted by Gasteiger charge is 2.64. The Bertz CT molecular complexity index is 743. The van der Waals surface area contributed by atoms with Crippen molar-refractivity contribution in [1.29, 1.82) is 0 Å². The van der Waals surface area contributed by atoms with Crippen molar-refractivity contribution in [2.75, 3.05) is 0 Å². The molecule has 0 unspecified atom stereocenters. The average Bonchev–Trinajstić information content (AvgIpc) is 3.08. The number of rotatable bonds is 6. The Morgan fingerprint density at radius 1 is 1.03 bits per heavy atom. The maximum absolute atomic E-state index is 12.3. The minimum atomic E-state index is -0.119. The van der Waals surface area contributed by atoms with Gasteiger partial charge in [0.1, 0.15) is 11.9 Å². The van der Waals surface area contributed by atoms with Gasteiger partial charge in [0, 0.05) is 25.7 Å². The lowest BCUT2D eigenvalue weighted by atomic mass is 9.43. The summed E-state index contributed by atoms with van der Waals surface area (Å²) in [4.78, 5) is 24.6. The van der Waals surface area contributed by atoms with E-state index < -0.39 is 0 Å². The molecular formula is C30H50O3. The second kappa shape index (κ2) is 9.30. The minimum Gasteiger partial charge on any atom is -0.462 e. The minimum absolute atomic E-state index is 0.0251. The number of ketones is 1. The number of hydrogen-bond acceptors (Lipinski definition) is 3. The van der Waals surface area contributed by atoms with Crippen molar-refractivity contribution in [3.8, 4) is 0 Å². The van der Waals surface area contributed by atoms with Gasteiger partial charge in [-0.25, -0.2) is 0 Å². The molecule has 0 amide bonds. The lowest BCUT2D eigenvalue weighted by Crippen LogP contribution is -2.59. The van der Waals surface area contributed by atoms with Crippen molar-refractivity contribution in [3.05, 3.63) is 0 Å². The Labute approximate surface area is 203 Å². The number of fused-ring (bicyclic) bond motifs is 5. The monoisotopic (exact) mass is 458 g/mol. The summed E-state index contributed by atoms with van der Waals surface area (Å²) in [7, 11) is 0. The van der Waals surface area contributed by atoms with Gasteiger partial charge in [-0.05, 0) is 90.8 Å². The average molecular weight is 459 g/mol. The van der Waals surface area contributed by atoms with Crippen molar-refractivity contribution < 1.29 is 14.3 Å². The molecule has 0 aromatic rings. The fraction of sp³-hybridized carbons (Fsp3) is 0.933. The third kappa shape index (κ3) is 4.44. The molecule has 0 aromatic carbocycles. The van der Waals surface area contributed by atoms with Crippen LogP contribution >= 0.6 is 0 Å². The summed E-state index contributed by atoms with van der Waals surface area (Å²) in [6.07, 6.45) is 11.3. The molecular weight excluding hydrogens is 408 g/mol. The van der Waals surface area contributed by atoms with Crippen LogP contribution in [0.15, 0.2) is 0 Å². The molecule has 188 valence electrons. The van der Waals surface area contributed by atoms with Crippen LogP contribution in [-0.2, 0) is 14.3 Å². The highest BCUT2D eigenvalue weighted by molar-refractivity contribution is 5.79. The van der Waals surface area contributed by atoms with E-state index in [0.29, 0.717) is 23.5 Å². The molecule has 10 atom stereocenters. The number of hydrogen-bond donors (Lipinski definition) is 0. The fourth-order valence-corrected chi connectivity index (χ4v) is 9.49. The number of esters is 1. The van der Waals surface area contributed by atoms with Crippen molar-refractivity contribution >= 4 is 11.8 Å². The van der Waals surface area contributed by atoms with Crippen molar-refractivity contribution in [2.45, 2.75) is 119 Å². The highest BCUT2D eigenvalue weighted by Crippen LogP contribution is 2.68. The normalized spacial score (nSPS) is 44.5. The first-order chi connectivity index (χ1) is 15.5. The maximum atomic E-state index is 12.3. The van der Waals surface area contributed by atoms with Crippen LogP contribution < -0.4 is 0 Å². The van der Waals surface area contributed by atoms with Crippen LogP contribution in [-0.4, -0.2) is 17.9 Å². The summed E-state index contributed by atoms with van der Waals surface area (Å²) in [5.74, 6) is 5.65. The van der Waals surface area contributed by atoms with Gasteiger partial charge in [-0.1, -0.05) is 54.4 Å². The molecule has 0 radical (unpaired) electrons. The molecule has 0 N–H and O–H groups in total. The van der Waals surface area contributed by atoms with Gasteiger partial charge in [0.15, 0.2) is 0 Å². The van der Waals surface area contributed by atoms with Gasteiger partial charge in [-0.15, -0.1) is 0 Å². The molecule has 33 heavy (non-hydrogen) atoms. The zero-order chi connectivity index (χ0) is 24.1. The number of ether oxygens (including phenoxy) is 1. The Morgan fingerprint density at radius 3 is 2.42 bits per heavy atom. The van der Waals surface area contributed by atoms with Gasteiger partial charge >= 0.3 is 5.97 Å². The molecule has 3 heteroatoms. The lowest BCUT2D eigenvalue weighted by Gasteiger charge is -2.62. The van der Waals surface area contributed by atoms with Crippen LogP contribution in [0.1, 0.15) is 113 Å². The molecule has 0 heterocycles. The zero-order valence-electron chi connectivity index (χ0n) is 22.5. The second-order valence-electron chi connectivity index (χ2n) is 13.6. The summed E-state index contributed by atoms with van der Waals surface area (Å²) < 4.78 is 6.21. The number of Topliss-reactive ketones (excluding diaryl/α,β-unsaturated/α-hetero) is 1. The number of carbonyl (C=O) groups is 2. The predicted octanol–water partition coefficient (Wildman–Crippen LogP) is 7.46. The molecule has 0 spiro atoms. The first kappa shape index (κ1) is 25.2. The summed E-state index contributed by atoms with van der Waals surface area (Å²) in [5.41, 5.74) is 0.421. The van der Waals surface area contributed by atoms with Gasteiger partial charge in [0.25, 0.3) is 0 Å². The van der Waals surface area contributed by atoms with Crippen LogP contribution in [0.4, 0.5) is 0 Å². The summed E-state index contributed by atoms with van der Waals surface area (Å²) in [6.45, 7) is 16.2. The van der Waals surface area contributed by atoms with Crippen molar-refractivity contribution in [2.24, 2.45) is 58.2 Å². The Hall–Kier alpha value is -0.860. The van der Waals surface area contributed by atoms with Crippen LogP contribution in [0.2, 0.25) is 0 Å². The molecule has 4 aliphatic carbocycles. The molecule has 4 fully saturated rings. The summed E-state index contributed by atoms with van der Waals surface area (Å²) >= 11 is 0. The summed E-state index contributed by atoms with van der Waals surface area (Å²) in [6, 6.07) is 0. The summed E-state index contributed by atoms with van der Waals surface area (Å²) in [5, 5.41) is 0. The standard InChI is InChI=1S/C30H50O3/c1-18(2)19(3)8-9-20(4)25-12-13-26-24-11-10-22-16-23(32)14-15-29(22,6)28(24)27(33-21(5)31)17-30(25,26)7/h18-20,22,24-28H,8-17H2,1-7H3/t19-,20+,22-,24-,25+,26-,27+,28+,29-,30+/m0/s1. The van der Waals surface area contributed by atoms with Crippen molar-refractivity contribution in [3.63, 3.8) is 0 Å². The van der Waals surface area contributed by atoms with E-state index in [4.69, 9.17) is 4.74 Å². The van der Waals surface area contributed by atoms with E-state index in [1.165, 1.54) is 38.5 Å². The molecule has 0 bridgehead atoms. The number of carbonyl (C=O) groups excluding carboxylic acids is 2. The van der Waals surface area contributed by atoms with E-state index in [9.17, 15) is 9.59 Å². The van der Waals surface area contributed by atoms with E-state index in [0.717, 1.165) is 55.3 Å². The van der Waals surface area contributed by atoms with Gasteiger partial charge in [0.05, 0.1) is 0 Å². The van der Waals surface area contributed by atoms with Gasteiger partial charge in [-0.2, -0.15) is 0 Å². The van der Waals surface area contributed by atoms with E-state index in [1.54, 1.807) is 6.92 Å². The van der Waals surface area contributed by atoms with E-state index in [-0.39, 0.29) is 22.9 Å². The Balaban J connectivity index is 1.59. The molecule has 3 nitrogen and oxygen atoms in total. The highest BCUT2D eigenvalue weighted by atomic mass is 16.5. The molecule has 4 aliphatic rings. The molecule has 0 aromatic heterocycles. The molecule has 4 rings (SSSR count). The van der Waals surface area contributed by atoms with E-state index in [2.05, 4.69) is 41.5 Å². The van der Waals surface area contributed by atoms with Gasteiger partial charge in [0.2, 0.25) is 0 Å². The molecule has 4 saturated carbocycles. The SMILES string of the molecule is CC(=O)O[C@@H]1C[C@]2(C)[C@@H]([C@H](C)CC[C@H](C)C(C)C)CC[C@H]2[C@@H]2CC[C@H]3CC(=O)CC[C@]3(C)[C@H]21. The zero-order valence-corrected chi connectivity index (χ0v) is 22.5. The van der Waals surface area contributed by atoms with Crippen LogP contribution in [0, 0.1) is 58.2 Å². The Morgan fingerprint density at radius 2 is 1.76 bits per heavy atom. The largest absolute Gasteiger partial charge is 0.462 e. The third-order valence-electron chi connectivity index (χ3n) is 11.7. The van der Waals surface area contributed by atoms with Crippen LogP contribution in [0.5, 0.6) is 0 Å². The first-order valence-electron chi connectivity index (χ1n) is 14.2. The fourth-order valence-electron chi connectivity index (χ4n) is 9.49. The lowest BCUT2D eigenvalue weighted by molar-refractivity contribution is -0.195. The topological polar surface area (TPSA) is 43.4 Å². The van der Waals surface area contributed by atoms with E-state index in [1.807, 2.05) is 0 Å². The van der Waals surface area contributed by atoms with Gasteiger partial charge < -0.3 is 4.74 Å². The second-order valence-corrected chi connectivity index (χ2v) is 13.6. The van der Waals surface area contributed by atoms with Crippen molar-refractivity contribution in [1.82, 2.24) is 0 Å². The smallest absolute Gasteiger partial charge is 0.302 e. The molecule has 0 saturated heterocycles. The first-order valence-corrected chi connectivity index (χ1v) is 14.2. The van der Waals surface area contributed by atoms with Crippen LogP contribution in [0.25, 0.3) is 0 Å². The maximum Gasteiger partial charge on any atom is 0.302 e. The molecule has 0 aliphatic heterocycles. The van der Waals surface area contributed by atoms with E-state index >= 15 is 0 Å². The van der Waals surface area contributed by atoms with Gasteiger partial charge in [-0.3, -0.25) is 9.59 Å². The third-order valence-corrected chi connectivity index (χ3v) is 11.7.